The molecule has 1 aromatic carbocycles. The third-order valence-corrected chi connectivity index (χ3v) is 2.68. The first-order valence-corrected chi connectivity index (χ1v) is 6.38. The summed E-state index contributed by atoms with van der Waals surface area (Å²) in [5.41, 5.74) is 1.14. The van der Waals surface area contributed by atoms with E-state index in [4.69, 9.17) is 9.84 Å². The van der Waals surface area contributed by atoms with Crippen LogP contribution < -0.4 is 5.32 Å². The number of anilines is 1. The Hall–Kier alpha value is -1.66. The summed E-state index contributed by atoms with van der Waals surface area (Å²) in [6, 6.07) is 4.58. The van der Waals surface area contributed by atoms with Crippen molar-refractivity contribution in [2.24, 2.45) is 0 Å². The molecule has 0 saturated heterocycles. The zero-order valence-electron chi connectivity index (χ0n) is 11.1. The first-order valence-electron chi connectivity index (χ1n) is 6.38. The van der Waals surface area contributed by atoms with Crippen molar-refractivity contribution in [3.8, 4) is 0 Å². The van der Waals surface area contributed by atoms with Crippen molar-refractivity contribution < 1.29 is 14.8 Å². The second kappa shape index (κ2) is 8.44. The molecule has 0 radical (unpaired) electrons. The van der Waals surface area contributed by atoms with E-state index in [9.17, 15) is 10.1 Å². The number of hydrogen-bond donors (Lipinski definition) is 2. The SMILES string of the molecule is CCOCCCCNc1cc(CO)ccc1[N+](=O)[O-]. The number of nitrogens with one attached hydrogen (secondary N) is 1. The van der Waals surface area contributed by atoms with Crippen LogP contribution in [0, 0.1) is 10.1 Å². The van der Waals surface area contributed by atoms with Crippen molar-refractivity contribution in [3.05, 3.63) is 33.9 Å². The summed E-state index contributed by atoms with van der Waals surface area (Å²) in [6.07, 6.45) is 1.79. The minimum atomic E-state index is -0.427. The van der Waals surface area contributed by atoms with Crippen LogP contribution in [0.4, 0.5) is 11.4 Å². The highest BCUT2D eigenvalue weighted by atomic mass is 16.6. The highest BCUT2D eigenvalue weighted by Gasteiger charge is 2.13. The number of nitro groups is 1. The van der Waals surface area contributed by atoms with Gasteiger partial charge in [0, 0.05) is 25.8 Å². The summed E-state index contributed by atoms with van der Waals surface area (Å²) in [4.78, 5) is 10.5. The first-order chi connectivity index (χ1) is 9.19. The summed E-state index contributed by atoms with van der Waals surface area (Å²) < 4.78 is 5.22. The molecule has 0 aliphatic heterocycles. The Morgan fingerprint density at radius 3 is 2.84 bits per heavy atom. The topological polar surface area (TPSA) is 84.6 Å². The summed E-state index contributed by atoms with van der Waals surface area (Å²) in [5, 5.41) is 23.0. The number of benzene rings is 1. The Morgan fingerprint density at radius 1 is 1.42 bits per heavy atom. The average Bonchev–Trinajstić information content (AvgIpc) is 2.42. The molecule has 0 aromatic heterocycles. The maximum Gasteiger partial charge on any atom is 0.292 e. The maximum absolute atomic E-state index is 10.9. The highest BCUT2D eigenvalue weighted by molar-refractivity contribution is 5.62. The number of aliphatic hydroxyl groups excluding tert-OH is 1. The molecule has 0 aliphatic carbocycles. The summed E-state index contributed by atoms with van der Waals surface area (Å²) in [6.45, 7) is 3.87. The van der Waals surface area contributed by atoms with Crippen molar-refractivity contribution in [1.29, 1.82) is 0 Å². The number of aliphatic hydroxyl groups is 1. The van der Waals surface area contributed by atoms with Gasteiger partial charge in [-0.15, -0.1) is 0 Å². The molecule has 106 valence electrons. The van der Waals surface area contributed by atoms with Gasteiger partial charge in [-0.25, -0.2) is 0 Å². The van der Waals surface area contributed by atoms with Crippen molar-refractivity contribution in [1.82, 2.24) is 0 Å². The van der Waals surface area contributed by atoms with Crippen LogP contribution in [-0.2, 0) is 11.3 Å². The van der Waals surface area contributed by atoms with Crippen LogP contribution in [0.25, 0.3) is 0 Å². The highest BCUT2D eigenvalue weighted by Crippen LogP contribution is 2.25. The molecule has 0 bridgehead atoms. The van der Waals surface area contributed by atoms with E-state index in [1.165, 1.54) is 6.07 Å². The van der Waals surface area contributed by atoms with Gasteiger partial charge >= 0.3 is 0 Å². The zero-order valence-corrected chi connectivity index (χ0v) is 11.1. The minimum absolute atomic E-state index is 0.0296. The van der Waals surface area contributed by atoms with Gasteiger partial charge in [0.1, 0.15) is 5.69 Å². The number of ether oxygens (including phenoxy) is 1. The lowest BCUT2D eigenvalue weighted by molar-refractivity contribution is -0.384. The molecule has 0 unspecified atom stereocenters. The maximum atomic E-state index is 10.9. The summed E-state index contributed by atoms with van der Waals surface area (Å²) in [7, 11) is 0. The van der Waals surface area contributed by atoms with E-state index in [0.717, 1.165) is 12.8 Å². The largest absolute Gasteiger partial charge is 0.392 e. The fourth-order valence-corrected chi connectivity index (χ4v) is 1.68. The van der Waals surface area contributed by atoms with E-state index >= 15 is 0 Å². The molecule has 1 aromatic rings. The second-order valence-electron chi connectivity index (χ2n) is 4.10. The Balaban J connectivity index is 2.52. The smallest absolute Gasteiger partial charge is 0.292 e. The van der Waals surface area contributed by atoms with Crippen molar-refractivity contribution in [3.63, 3.8) is 0 Å². The molecule has 6 heteroatoms. The van der Waals surface area contributed by atoms with E-state index in [1.54, 1.807) is 12.1 Å². The van der Waals surface area contributed by atoms with Gasteiger partial charge in [-0.05, 0) is 37.5 Å². The lowest BCUT2D eigenvalue weighted by Crippen LogP contribution is -2.06. The Labute approximate surface area is 112 Å². The molecule has 2 N–H and O–H groups in total. The Kier molecular flexibility index (Phi) is 6.84. The molecule has 0 amide bonds. The summed E-state index contributed by atoms with van der Waals surface area (Å²) >= 11 is 0. The van der Waals surface area contributed by atoms with Gasteiger partial charge in [-0.3, -0.25) is 10.1 Å². The monoisotopic (exact) mass is 268 g/mol. The van der Waals surface area contributed by atoms with Crippen LogP contribution in [0.1, 0.15) is 25.3 Å². The molecule has 0 spiro atoms. The molecule has 0 fully saturated rings. The van der Waals surface area contributed by atoms with E-state index in [-0.39, 0.29) is 12.3 Å². The van der Waals surface area contributed by atoms with Gasteiger partial charge in [0.05, 0.1) is 11.5 Å². The van der Waals surface area contributed by atoms with Crippen LogP contribution in [0.15, 0.2) is 18.2 Å². The van der Waals surface area contributed by atoms with E-state index < -0.39 is 4.92 Å². The standard InChI is InChI=1S/C13H20N2O4/c1-2-19-8-4-3-7-14-12-9-11(10-16)5-6-13(12)15(17)18/h5-6,9,14,16H,2-4,7-8,10H2,1H3. The van der Waals surface area contributed by atoms with Gasteiger partial charge in [0.25, 0.3) is 5.69 Å². The predicted molar refractivity (Wildman–Crippen MR) is 73.2 cm³/mol. The number of hydrogen-bond acceptors (Lipinski definition) is 5. The molecule has 0 saturated carbocycles. The third kappa shape index (κ3) is 5.23. The number of nitro benzene ring substituents is 1. The van der Waals surface area contributed by atoms with E-state index in [1.807, 2.05) is 6.92 Å². The van der Waals surface area contributed by atoms with Gasteiger partial charge in [-0.2, -0.15) is 0 Å². The van der Waals surface area contributed by atoms with Gasteiger partial charge in [0.15, 0.2) is 0 Å². The lowest BCUT2D eigenvalue weighted by Gasteiger charge is -2.08. The Morgan fingerprint density at radius 2 is 2.21 bits per heavy atom. The number of nitrogens with zero attached hydrogens (tertiary/aromatic N) is 1. The van der Waals surface area contributed by atoms with Gasteiger partial charge in [0.2, 0.25) is 0 Å². The van der Waals surface area contributed by atoms with Crippen LogP contribution in [0.5, 0.6) is 0 Å². The molecule has 1 rings (SSSR count). The van der Waals surface area contributed by atoms with Crippen molar-refractivity contribution >= 4 is 11.4 Å². The molecule has 0 heterocycles. The Bertz CT molecular complexity index is 410. The second-order valence-corrected chi connectivity index (χ2v) is 4.10. The average molecular weight is 268 g/mol. The van der Waals surface area contributed by atoms with Crippen LogP contribution in [0.2, 0.25) is 0 Å². The van der Waals surface area contributed by atoms with Crippen LogP contribution in [-0.4, -0.2) is 29.8 Å². The van der Waals surface area contributed by atoms with E-state index in [0.29, 0.717) is 31.0 Å². The van der Waals surface area contributed by atoms with Gasteiger partial charge < -0.3 is 15.2 Å². The van der Waals surface area contributed by atoms with Crippen LogP contribution >= 0.6 is 0 Å². The fraction of sp³-hybridized carbons (Fsp3) is 0.538. The van der Waals surface area contributed by atoms with Crippen molar-refractivity contribution in [2.45, 2.75) is 26.4 Å². The minimum Gasteiger partial charge on any atom is -0.392 e. The van der Waals surface area contributed by atoms with Crippen molar-refractivity contribution in [2.75, 3.05) is 25.1 Å². The molecular formula is C13H20N2O4. The van der Waals surface area contributed by atoms with Gasteiger partial charge in [-0.1, -0.05) is 0 Å². The molecule has 0 atom stereocenters. The van der Waals surface area contributed by atoms with E-state index in [2.05, 4.69) is 5.32 Å². The lowest BCUT2D eigenvalue weighted by atomic mass is 10.1. The molecule has 19 heavy (non-hydrogen) atoms. The molecule has 6 nitrogen and oxygen atoms in total. The quantitative estimate of drug-likeness (QED) is 0.408. The normalized spacial score (nSPS) is 10.4. The molecular weight excluding hydrogens is 248 g/mol. The third-order valence-electron chi connectivity index (χ3n) is 2.68. The fourth-order valence-electron chi connectivity index (χ4n) is 1.68. The zero-order chi connectivity index (χ0) is 14.1. The molecule has 0 aliphatic rings. The number of rotatable bonds is 9. The van der Waals surface area contributed by atoms with Crippen LogP contribution in [0.3, 0.4) is 0 Å². The summed E-state index contributed by atoms with van der Waals surface area (Å²) in [5.74, 6) is 0. The first kappa shape index (κ1) is 15.4. The number of unbranched alkanes of at least 4 members (excludes halogenated alkanes) is 1. The predicted octanol–water partition coefficient (Wildman–Crippen LogP) is 2.32.